The number of carbonyl (C=O) groups excluding carboxylic acids is 1. The summed E-state index contributed by atoms with van der Waals surface area (Å²) in [6.07, 6.45) is 1.77. The Morgan fingerprint density at radius 2 is 2.23 bits per heavy atom. The molecule has 0 saturated carbocycles. The van der Waals surface area contributed by atoms with Crippen molar-refractivity contribution in [2.24, 2.45) is 0 Å². The number of ether oxygens (including phenoxy) is 2. The Kier molecular flexibility index (Phi) is 6.00. The van der Waals surface area contributed by atoms with Crippen molar-refractivity contribution in [3.63, 3.8) is 0 Å². The molecule has 2 heterocycles. The van der Waals surface area contributed by atoms with Crippen molar-refractivity contribution in [2.45, 2.75) is 42.8 Å². The van der Waals surface area contributed by atoms with E-state index in [4.69, 9.17) is 15.3 Å². The lowest BCUT2D eigenvalue weighted by Crippen LogP contribution is -2.31. The average Bonchev–Trinajstić information content (AvgIpc) is 3.30. The number of nitrogen functional groups attached to an aromatic ring is 1. The molecule has 26 heavy (non-hydrogen) atoms. The Morgan fingerprint density at radius 1 is 1.46 bits per heavy atom. The van der Waals surface area contributed by atoms with Gasteiger partial charge in [-0.05, 0) is 37.5 Å². The first-order valence-corrected chi connectivity index (χ1v) is 9.35. The molecule has 9 heteroatoms. The Morgan fingerprint density at radius 3 is 2.88 bits per heavy atom. The van der Waals surface area contributed by atoms with Gasteiger partial charge in [0.15, 0.2) is 5.82 Å². The number of nitrogens with two attached hydrogens (primary N) is 1. The van der Waals surface area contributed by atoms with E-state index in [-0.39, 0.29) is 17.3 Å². The highest BCUT2D eigenvalue weighted by atomic mass is 32.2. The molecule has 0 aliphatic carbocycles. The quantitative estimate of drug-likeness (QED) is 0.558. The third kappa shape index (κ3) is 4.28. The van der Waals surface area contributed by atoms with E-state index in [1.165, 1.54) is 16.4 Å². The normalized spacial score (nSPS) is 17.8. The topological polar surface area (TPSA) is 104 Å². The summed E-state index contributed by atoms with van der Waals surface area (Å²) in [6, 6.07) is 7.56. The lowest BCUT2D eigenvalue weighted by Gasteiger charge is -2.12. The third-order valence-electron chi connectivity index (χ3n) is 4.19. The summed E-state index contributed by atoms with van der Waals surface area (Å²) in [5.41, 5.74) is 0.999. The number of aromatic nitrogens is 3. The highest BCUT2D eigenvalue weighted by Gasteiger charge is 2.26. The highest BCUT2D eigenvalue weighted by molar-refractivity contribution is 8.00. The maximum Gasteiger partial charge on any atom is 0.233 e. The van der Waals surface area contributed by atoms with Crippen molar-refractivity contribution in [3.05, 3.63) is 35.7 Å². The lowest BCUT2D eigenvalue weighted by molar-refractivity contribution is -0.120. The van der Waals surface area contributed by atoms with Crippen LogP contribution in [0.1, 0.15) is 37.3 Å². The lowest BCUT2D eigenvalue weighted by atomic mass is 10.2. The molecule has 1 amide bonds. The van der Waals surface area contributed by atoms with Crippen LogP contribution in [0.4, 0.5) is 0 Å². The van der Waals surface area contributed by atoms with Gasteiger partial charge in [0.25, 0.3) is 0 Å². The van der Waals surface area contributed by atoms with Gasteiger partial charge in [0.2, 0.25) is 11.1 Å². The van der Waals surface area contributed by atoms with Gasteiger partial charge in [-0.2, -0.15) is 0 Å². The number of methoxy groups -OCH3 is 1. The molecule has 140 valence electrons. The molecule has 3 N–H and O–H groups in total. The SMILES string of the molecule is COc1ccc(CNC(=O)[C@@H](C)Sc2nnc([C@@H]3CCCO3)n2N)cc1. The predicted molar refractivity (Wildman–Crippen MR) is 98.3 cm³/mol. The van der Waals surface area contributed by atoms with Crippen LogP contribution in [0.2, 0.25) is 0 Å². The minimum atomic E-state index is -0.350. The molecule has 1 aliphatic heterocycles. The predicted octanol–water partition coefficient (Wildman–Crippen LogP) is 1.65. The molecule has 1 aromatic heterocycles. The molecule has 0 spiro atoms. The van der Waals surface area contributed by atoms with Gasteiger partial charge in [0.05, 0.1) is 12.4 Å². The smallest absolute Gasteiger partial charge is 0.233 e. The molecule has 1 aromatic carbocycles. The Balaban J connectivity index is 1.53. The largest absolute Gasteiger partial charge is 0.497 e. The second-order valence-corrected chi connectivity index (χ2v) is 7.35. The van der Waals surface area contributed by atoms with Crippen LogP contribution in [0.15, 0.2) is 29.4 Å². The van der Waals surface area contributed by atoms with Crippen LogP contribution >= 0.6 is 11.8 Å². The standard InChI is InChI=1S/C17H23N5O3S/c1-11(16(23)19-10-12-5-7-13(24-2)8-6-12)26-17-21-20-15(22(17)18)14-4-3-9-25-14/h5-8,11,14H,3-4,9-10,18H2,1-2H3,(H,19,23)/t11-,14+/m1/s1. The second kappa shape index (κ2) is 8.41. The monoisotopic (exact) mass is 377 g/mol. The minimum absolute atomic E-state index is 0.0903. The van der Waals surface area contributed by atoms with E-state index < -0.39 is 0 Å². The van der Waals surface area contributed by atoms with Crippen molar-refractivity contribution in [1.29, 1.82) is 0 Å². The first kappa shape index (κ1) is 18.5. The molecule has 1 aliphatic rings. The molecule has 8 nitrogen and oxygen atoms in total. The van der Waals surface area contributed by atoms with Crippen molar-refractivity contribution in [1.82, 2.24) is 20.2 Å². The van der Waals surface area contributed by atoms with E-state index in [0.717, 1.165) is 24.2 Å². The fraction of sp³-hybridized carbons (Fsp3) is 0.471. The summed E-state index contributed by atoms with van der Waals surface area (Å²) >= 11 is 1.28. The van der Waals surface area contributed by atoms with Gasteiger partial charge in [-0.25, -0.2) is 4.68 Å². The fourth-order valence-electron chi connectivity index (χ4n) is 2.66. The van der Waals surface area contributed by atoms with E-state index in [1.807, 2.05) is 31.2 Å². The van der Waals surface area contributed by atoms with Crippen LogP contribution in [-0.2, 0) is 16.1 Å². The summed E-state index contributed by atoms with van der Waals surface area (Å²) < 4.78 is 12.1. The van der Waals surface area contributed by atoms with Gasteiger partial charge in [-0.15, -0.1) is 10.2 Å². The van der Waals surface area contributed by atoms with E-state index >= 15 is 0 Å². The van der Waals surface area contributed by atoms with Crippen molar-refractivity contribution >= 4 is 17.7 Å². The zero-order valence-electron chi connectivity index (χ0n) is 14.8. The number of nitrogens with zero attached hydrogens (tertiary/aromatic N) is 3. The van der Waals surface area contributed by atoms with E-state index in [9.17, 15) is 4.79 Å². The molecule has 1 saturated heterocycles. The molecular weight excluding hydrogens is 354 g/mol. The van der Waals surface area contributed by atoms with Crippen molar-refractivity contribution in [3.8, 4) is 5.75 Å². The summed E-state index contributed by atoms with van der Waals surface area (Å²) in [4.78, 5) is 12.3. The summed E-state index contributed by atoms with van der Waals surface area (Å²) in [5.74, 6) is 7.37. The fourth-order valence-corrected chi connectivity index (χ4v) is 3.46. The number of hydrogen-bond acceptors (Lipinski definition) is 7. The molecule has 1 fully saturated rings. The Labute approximate surface area is 156 Å². The van der Waals surface area contributed by atoms with Crippen LogP contribution in [0, 0.1) is 0 Å². The zero-order chi connectivity index (χ0) is 18.5. The summed E-state index contributed by atoms with van der Waals surface area (Å²) in [7, 11) is 1.62. The van der Waals surface area contributed by atoms with Gasteiger partial charge < -0.3 is 20.6 Å². The number of amides is 1. The number of rotatable bonds is 7. The minimum Gasteiger partial charge on any atom is -0.497 e. The van der Waals surface area contributed by atoms with Crippen LogP contribution in [0.3, 0.4) is 0 Å². The molecule has 2 atom stereocenters. The molecular formula is C17H23N5O3S. The number of thioether (sulfide) groups is 1. The number of carbonyl (C=O) groups is 1. The maximum atomic E-state index is 12.3. The number of benzene rings is 1. The molecule has 3 rings (SSSR count). The summed E-state index contributed by atoms with van der Waals surface area (Å²) in [6.45, 7) is 2.98. The van der Waals surface area contributed by atoms with Gasteiger partial charge in [-0.1, -0.05) is 23.9 Å². The first-order chi connectivity index (χ1) is 12.6. The van der Waals surface area contributed by atoms with Crippen LogP contribution in [0.5, 0.6) is 5.75 Å². The van der Waals surface area contributed by atoms with E-state index in [1.54, 1.807) is 7.11 Å². The molecule has 0 radical (unpaired) electrons. The van der Waals surface area contributed by atoms with Crippen LogP contribution < -0.4 is 15.9 Å². The van der Waals surface area contributed by atoms with Gasteiger partial charge in [0.1, 0.15) is 11.9 Å². The first-order valence-electron chi connectivity index (χ1n) is 8.47. The zero-order valence-corrected chi connectivity index (χ0v) is 15.7. The second-order valence-electron chi connectivity index (χ2n) is 6.04. The highest BCUT2D eigenvalue weighted by Crippen LogP contribution is 2.29. The molecule has 0 bridgehead atoms. The van der Waals surface area contributed by atoms with Crippen LogP contribution in [-0.4, -0.2) is 39.7 Å². The van der Waals surface area contributed by atoms with Gasteiger partial charge in [-0.3, -0.25) is 4.79 Å². The molecule has 0 unspecified atom stereocenters. The average molecular weight is 377 g/mol. The molecule has 2 aromatic rings. The Hall–Kier alpha value is -2.26. The van der Waals surface area contributed by atoms with Gasteiger partial charge in [0, 0.05) is 13.2 Å². The van der Waals surface area contributed by atoms with Crippen molar-refractivity contribution < 1.29 is 14.3 Å². The number of nitrogens with one attached hydrogen (secondary N) is 1. The van der Waals surface area contributed by atoms with E-state index in [0.29, 0.717) is 24.1 Å². The number of hydrogen-bond donors (Lipinski definition) is 2. The van der Waals surface area contributed by atoms with Crippen LogP contribution in [0.25, 0.3) is 0 Å². The third-order valence-corrected chi connectivity index (χ3v) is 5.24. The van der Waals surface area contributed by atoms with E-state index in [2.05, 4.69) is 15.5 Å². The van der Waals surface area contributed by atoms with Crippen molar-refractivity contribution in [2.75, 3.05) is 19.6 Å². The Bertz CT molecular complexity index is 743. The maximum absolute atomic E-state index is 12.3. The van der Waals surface area contributed by atoms with Gasteiger partial charge >= 0.3 is 0 Å². The summed E-state index contributed by atoms with van der Waals surface area (Å²) in [5, 5.41) is 11.3.